The SMILES string of the molecule is CC(C)(C)NC(=O)c1nc(Cn2nc(-c3ccc(Cl)cc3)n(C[C@H](O)C(F)(F)F)c2=O)nn1-c1ncccc1OC(F)(F)F. The van der Waals surface area contributed by atoms with Gasteiger partial charge < -0.3 is 15.2 Å². The molecule has 4 aromatic rings. The molecule has 4 rings (SSSR count). The standard InChI is InChI=1S/C25H23ClF6N8O4/c1-23(2,3)35-21(42)20-34-17(36-40(20)19-15(5-4-10-33-19)44-25(30,31)32)12-39-22(43)38(11-16(41)24(27,28)29)18(37-39)13-6-8-14(26)9-7-13/h4-10,16,41H,11-12H2,1-3H3,(H,35,42)/t16-/m0/s1. The van der Waals surface area contributed by atoms with Crippen molar-refractivity contribution < 1.29 is 41.0 Å². The number of amides is 1. The highest BCUT2D eigenvalue weighted by atomic mass is 35.5. The molecular formula is C25H23ClF6N8O4. The number of benzene rings is 1. The summed E-state index contributed by atoms with van der Waals surface area (Å²) in [5, 5.41) is 20.7. The van der Waals surface area contributed by atoms with Crippen LogP contribution < -0.4 is 15.7 Å². The smallest absolute Gasteiger partial charge is 0.402 e. The number of aromatic nitrogens is 7. The monoisotopic (exact) mass is 648 g/mol. The summed E-state index contributed by atoms with van der Waals surface area (Å²) in [5.74, 6) is -3.44. The van der Waals surface area contributed by atoms with Gasteiger partial charge in [0, 0.05) is 22.3 Å². The Hall–Kier alpha value is -4.45. The molecule has 236 valence electrons. The summed E-state index contributed by atoms with van der Waals surface area (Å²) in [6.45, 7) is 3.02. The van der Waals surface area contributed by atoms with Gasteiger partial charge in [-0.3, -0.25) is 9.36 Å². The molecule has 2 N–H and O–H groups in total. The Bertz CT molecular complexity index is 1710. The van der Waals surface area contributed by atoms with Gasteiger partial charge in [-0.05, 0) is 57.2 Å². The molecule has 0 unspecified atom stereocenters. The van der Waals surface area contributed by atoms with Gasteiger partial charge in [-0.2, -0.15) is 17.9 Å². The van der Waals surface area contributed by atoms with E-state index in [9.17, 15) is 41.0 Å². The molecule has 0 bridgehead atoms. The molecule has 44 heavy (non-hydrogen) atoms. The predicted molar refractivity (Wildman–Crippen MR) is 141 cm³/mol. The summed E-state index contributed by atoms with van der Waals surface area (Å²) in [5.41, 5.74) is -1.77. The molecule has 0 fully saturated rings. The van der Waals surface area contributed by atoms with E-state index < -0.39 is 66.3 Å². The van der Waals surface area contributed by atoms with Crippen LogP contribution in [-0.4, -0.2) is 69.3 Å². The van der Waals surface area contributed by atoms with Crippen molar-refractivity contribution in [1.29, 1.82) is 0 Å². The van der Waals surface area contributed by atoms with E-state index in [0.717, 1.165) is 18.3 Å². The lowest BCUT2D eigenvalue weighted by Crippen LogP contribution is -2.41. The molecule has 0 spiro atoms. The van der Waals surface area contributed by atoms with E-state index in [0.29, 0.717) is 13.9 Å². The molecule has 1 amide bonds. The minimum absolute atomic E-state index is 0.172. The van der Waals surface area contributed by atoms with Crippen LogP contribution in [0.5, 0.6) is 5.75 Å². The first-order chi connectivity index (χ1) is 20.3. The molecule has 19 heteroatoms. The van der Waals surface area contributed by atoms with Crippen molar-refractivity contribution >= 4 is 17.5 Å². The van der Waals surface area contributed by atoms with Crippen molar-refractivity contribution in [3.05, 3.63) is 69.8 Å². The van der Waals surface area contributed by atoms with Crippen LogP contribution in [0.4, 0.5) is 26.3 Å². The zero-order valence-corrected chi connectivity index (χ0v) is 23.7. The molecule has 0 aliphatic carbocycles. The van der Waals surface area contributed by atoms with Gasteiger partial charge in [-0.15, -0.1) is 23.4 Å². The quantitative estimate of drug-likeness (QED) is 0.275. The Morgan fingerprint density at radius 3 is 2.32 bits per heavy atom. The summed E-state index contributed by atoms with van der Waals surface area (Å²) in [7, 11) is 0. The van der Waals surface area contributed by atoms with Gasteiger partial charge in [0.1, 0.15) is 6.54 Å². The van der Waals surface area contributed by atoms with Crippen LogP contribution in [-0.2, 0) is 13.1 Å². The highest BCUT2D eigenvalue weighted by Crippen LogP contribution is 2.28. The van der Waals surface area contributed by atoms with Gasteiger partial charge in [0.2, 0.25) is 5.82 Å². The average molecular weight is 649 g/mol. The first-order valence-corrected chi connectivity index (χ1v) is 12.9. The number of aliphatic hydroxyl groups excluding tert-OH is 1. The van der Waals surface area contributed by atoms with Crippen LogP contribution >= 0.6 is 11.6 Å². The molecule has 3 heterocycles. The molecule has 0 saturated heterocycles. The number of halogens is 7. The highest BCUT2D eigenvalue weighted by Gasteiger charge is 2.39. The number of aliphatic hydroxyl groups is 1. The van der Waals surface area contributed by atoms with E-state index in [4.69, 9.17) is 11.6 Å². The first-order valence-electron chi connectivity index (χ1n) is 12.5. The summed E-state index contributed by atoms with van der Waals surface area (Å²) >= 11 is 5.90. The maximum absolute atomic E-state index is 13.3. The Kier molecular flexibility index (Phi) is 8.79. The topological polar surface area (TPSA) is 142 Å². The van der Waals surface area contributed by atoms with Crippen LogP contribution in [0.15, 0.2) is 47.4 Å². The predicted octanol–water partition coefficient (Wildman–Crippen LogP) is 3.74. The van der Waals surface area contributed by atoms with Crippen LogP contribution in [0.1, 0.15) is 37.2 Å². The van der Waals surface area contributed by atoms with Crippen LogP contribution in [0.3, 0.4) is 0 Å². The van der Waals surface area contributed by atoms with Gasteiger partial charge in [0.15, 0.2) is 29.3 Å². The molecule has 12 nitrogen and oxygen atoms in total. The van der Waals surface area contributed by atoms with Gasteiger partial charge in [0.05, 0.1) is 6.54 Å². The van der Waals surface area contributed by atoms with Crippen molar-refractivity contribution in [3.8, 4) is 23.0 Å². The van der Waals surface area contributed by atoms with E-state index in [1.165, 1.54) is 24.3 Å². The maximum atomic E-state index is 13.3. The summed E-state index contributed by atoms with van der Waals surface area (Å²) < 4.78 is 84.8. The fraction of sp³-hybridized carbons (Fsp3) is 0.360. The second kappa shape index (κ2) is 11.9. The molecule has 0 aliphatic rings. The number of nitrogens with one attached hydrogen (secondary N) is 1. The second-order valence-corrected chi connectivity index (χ2v) is 10.7. The fourth-order valence-corrected chi connectivity index (χ4v) is 3.92. The lowest BCUT2D eigenvalue weighted by atomic mass is 10.1. The molecule has 0 aliphatic heterocycles. The number of pyridine rings is 1. The number of carbonyl (C=O) groups is 1. The zero-order valence-electron chi connectivity index (χ0n) is 23.0. The van der Waals surface area contributed by atoms with E-state index in [1.54, 1.807) is 20.8 Å². The lowest BCUT2D eigenvalue weighted by molar-refractivity contribution is -0.274. The van der Waals surface area contributed by atoms with E-state index in [2.05, 4.69) is 30.2 Å². The van der Waals surface area contributed by atoms with Crippen molar-refractivity contribution in [2.45, 2.75) is 58.0 Å². The second-order valence-electron chi connectivity index (χ2n) is 10.3. The van der Waals surface area contributed by atoms with Crippen molar-refractivity contribution in [2.75, 3.05) is 0 Å². The first kappa shape index (κ1) is 32.5. The van der Waals surface area contributed by atoms with Gasteiger partial charge in [-0.25, -0.2) is 19.4 Å². The third-order valence-corrected chi connectivity index (χ3v) is 5.82. The van der Waals surface area contributed by atoms with Gasteiger partial charge >= 0.3 is 18.2 Å². The molecular weight excluding hydrogens is 626 g/mol. The van der Waals surface area contributed by atoms with E-state index in [1.807, 2.05) is 0 Å². The van der Waals surface area contributed by atoms with Crippen molar-refractivity contribution in [3.63, 3.8) is 0 Å². The number of hydrogen-bond acceptors (Lipinski definition) is 8. The third-order valence-electron chi connectivity index (χ3n) is 5.57. The lowest BCUT2D eigenvalue weighted by Gasteiger charge is -2.20. The van der Waals surface area contributed by atoms with E-state index >= 15 is 0 Å². The number of carbonyl (C=O) groups excluding carboxylic acids is 1. The number of nitrogens with zero attached hydrogens (tertiary/aromatic N) is 7. The van der Waals surface area contributed by atoms with Gasteiger partial charge in [0.25, 0.3) is 5.91 Å². The molecule has 1 atom stereocenters. The van der Waals surface area contributed by atoms with Crippen LogP contribution in [0.25, 0.3) is 17.2 Å². The summed E-state index contributed by atoms with van der Waals surface area (Å²) in [6, 6.07) is 7.66. The highest BCUT2D eigenvalue weighted by molar-refractivity contribution is 6.30. The number of hydrogen-bond donors (Lipinski definition) is 2. The maximum Gasteiger partial charge on any atom is 0.573 e. The van der Waals surface area contributed by atoms with Crippen molar-refractivity contribution in [1.82, 2.24) is 39.4 Å². The Balaban J connectivity index is 1.83. The largest absolute Gasteiger partial charge is 0.573 e. The Morgan fingerprint density at radius 1 is 1.07 bits per heavy atom. The average Bonchev–Trinajstić information content (AvgIpc) is 3.44. The zero-order chi connectivity index (χ0) is 32.6. The van der Waals surface area contributed by atoms with Gasteiger partial charge in [-0.1, -0.05) is 11.6 Å². The van der Waals surface area contributed by atoms with Crippen LogP contribution in [0, 0.1) is 0 Å². The number of ether oxygens (including phenoxy) is 1. The number of rotatable bonds is 8. The Labute approximate surface area is 248 Å². The minimum Gasteiger partial charge on any atom is -0.402 e. The fourth-order valence-electron chi connectivity index (χ4n) is 3.79. The third kappa shape index (κ3) is 7.73. The Morgan fingerprint density at radius 2 is 1.73 bits per heavy atom. The molecule has 0 saturated carbocycles. The molecule has 0 radical (unpaired) electrons. The minimum atomic E-state index is -5.13. The summed E-state index contributed by atoms with van der Waals surface area (Å²) in [6.07, 6.45) is -12.0. The molecule has 3 aromatic heterocycles. The molecule has 1 aromatic carbocycles. The van der Waals surface area contributed by atoms with E-state index in [-0.39, 0.29) is 22.2 Å². The van der Waals surface area contributed by atoms with Crippen LogP contribution in [0.2, 0.25) is 5.02 Å². The summed E-state index contributed by atoms with van der Waals surface area (Å²) in [4.78, 5) is 34.3. The normalized spacial score (nSPS) is 13.2. The van der Waals surface area contributed by atoms with Crippen molar-refractivity contribution in [2.24, 2.45) is 0 Å². The number of alkyl halides is 6.